The van der Waals surface area contributed by atoms with Gasteiger partial charge in [0, 0.05) is 25.0 Å². The van der Waals surface area contributed by atoms with Crippen LogP contribution < -0.4 is 5.32 Å². The number of aryl methyl sites for hydroxylation is 2. The van der Waals surface area contributed by atoms with Gasteiger partial charge in [-0.1, -0.05) is 13.8 Å². The van der Waals surface area contributed by atoms with Gasteiger partial charge in [0.1, 0.15) is 0 Å². The van der Waals surface area contributed by atoms with E-state index in [-0.39, 0.29) is 0 Å². The molecule has 0 aliphatic heterocycles. The van der Waals surface area contributed by atoms with Gasteiger partial charge >= 0.3 is 0 Å². The van der Waals surface area contributed by atoms with Crippen molar-refractivity contribution in [1.82, 2.24) is 15.1 Å². The maximum Gasteiger partial charge on any atom is 0.0492 e. The molecule has 3 heteroatoms. The Morgan fingerprint density at radius 3 is 2.94 bits per heavy atom. The first-order valence-corrected chi connectivity index (χ1v) is 7.41. The molecular formula is C15H27N3. The summed E-state index contributed by atoms with van der Waals surface area (Å²) < 4.78 is 2.01. The zero-order chi connectivity index (χ0) is 13.0. The van der Waals surface area contributed by atoms with Crippen LogP contribution in [-0.2, 0) is 13.5 Å². The molecule has 3 unspecified atom stereocenters. The average Bonchev–Trinajstić information content (AvgIpc) is 2.75. The van der Waals surface area contributed by atoms with E-state index in [0.29, 0.717) is 0 Å². The third kappa shape index (κ3) is 3.35. The van der Waals surface area contributed by atoms with Crippen molar-refractivity contribution in [2.45, 2.75) is 52.0 Å². The van der Waals surface area contributed by atoms with Crippen LogP contribution in [-0.4, -0.2) is 22.4 Å². The third-order valence-electron chi connectivity index (χ3n) is 4.40. The van der Waals surface area contributed by atoms with Gasteiger partial charge in [0.2, 0.25) is 0 Å². The molecular weight excluding hydrogens is 222 g/mol. The molecule has 3 nitrogen and oxygen atoms in total. The highest BCUT2D eigenvalue weighted by atomic mass is 15.2. The van der Waals surface area contributed by atoms with E-state index in [4.69, 9.17) is 0 Å². The Balaban J connectivity index is 1.90. The summed E-state index contributed by atoms with van der Waals surface area (Å²) in [6, 6.07) is 2.88. The SMILES string of the molecule is CCNC1CCC(C)CC1CCc1ccnn1C. The fourth-order valence-electron chi connectivity index (χ4n) is 3.33. The topological polar surface area (TPSA) is 29.9 Å². The molecule has 102 valence electrons. The van der Waals surface area contributed by atoms with Crippen molar-refractivity contribution in [2.24, 2.45) is 18.9 Å². The molecule has 0 bridgehead atoms. The fraction of sp³-hybridized carbons (Fsp3) is 0.800. The van der Waals surface area contributed by atoms with Crippen molar-refractivity contribution in [3.8, 4) is 0 Å². The number of nitrogens with zero attached hydrogens (tertiary/aromatic N) is 2. The lowest BCUT2D eigenvalue weighted by Crippen LogP contribution is -2.40. The summed E-state index contributed by atoms with van der Waals surface area (Å²) in [5.74, 6) is 1.74. The summed E-state index contributed by atoms with van der Waals surface area (Å²) in [5, 5.41) is 7.93. The molecule has 0 spiro atoms. The Hall–Kier alpha value is -0.830. The van der Waals surface area contributed by atoms with Gasteiger partial charge in [-0.05, 0) is 56.6 Å². The number of hydrogen-bond donors (Lipinski definition) is 1. The molecule has 0 aromatic carbocycles. The van der Waals surface area contributed by atoms with Crippen LogP contribution in [0.5, 0.6) is 0 Å². The lowest BCUT2D eigenvalue weighted by Gasteiger charge is -2.35. The van der Waals surface area contributed by atoms with Crippen molar-refractivity contribution in [3.05, 3.63) is 18.0 Å². The van der Waals surface area contributed by atoms with Gasteiger partial charge in [-0.25, -0.2) is 0 Å². The summed E-state index contributed by atoms with van der Waals surface area (Å²) >= 11 is 0. The number of aromatic nitrogens is 2. The van der Waals surface area contributed by atoms with Crippen molar-refractivity contribution >= 4 is 0 Å². The van der Waals surface area contributed by atoms with E-state index in [9.17, 15) is 0 Å². The Morgan fingerprint density at radius 2 is 2.28 bits per heavy atom. The largest absolute Gasteiger partial charge is 0.314 e. The van der Waals surface area contributed by atoms with Crippen molar-refractivity contribution < 1.29 is 0 Å². The minimum Gasteiger partial charge on any atom is -0.314 e. The molecule has 1 aromatic rings. The molecule has 1 heterocycles. The molecule has 1 N–H and O–H groups in total. The zero-order valence-electron chi connectivity index (χ0n) is 12.0. The summed E-state index contributed by atoms with van der Waals surface area (Å²) in [6.07, 6.45) is 8.48. The average molecular weight is 249 g/mol. The molecule has 0 saturated heterocycles. The van der Waals surface area contributed by atoms with E-state index in [1.54, 1.807) is 0 Å². The van der Waals surface area contributed by atoms with Crippen LogP contribution in [0.15, 0.2) is 12.3 Å². The van der Waals surface area contributed by atoms with E-state index in [0.717, 1.165) is 30.8 Å². The van der Waals surface area contributed by atoms with Gasteiger partial charge in [-0.2, -0.15) is 5.10 Å². The van der Waals surface area contributed by atoms with Gasteiger partial charge < -0.3 is 5.32 Å². The van der Waals surface area contributed by atoms with E-state index in [1.165, 1.54) is 31.4 Å². The van der Waals surface area contributed by atoms with Gasteiger partial charge in [0.05, 0.1) is 0 Å². The standard InChI is InChI=1S/C15H27N3/c1-4-16-15-8-5-12(2)11-13(15)6-7-14-9-10-17-18(14)3/h9-10,12-13,15-16H,4-8,11H2,1-3H3. The number of hydrogen-bond acceptors (Lipinski definition) is 2. The van der Waals surface area contributed by atoms with Crippen LogP contribution in [0.2, 0.25) is 0 Å². The van der Waals surface area contributed by atoms with Crippen LogP contribution in [0.4, 0.5) is 0 Å². The summed E-state index contributed by atoms with van der Waals surface area (Å²) in [6.45, 7) is 5.72. The molecule has 18 heavy (non-hydrogen) atoms. The van der Waals surface area contributed by atoms with Crippen molar-refractivity contribution in [2.75, 3.05) is 6.54 Å². The van der Waals surface area contributed by atoms with Gasteiger partial charge in [0.15, 0.2) is 0 Å². The van der Waals surface area contributed by atoms with E-state index >= 15 is 0 Å². The normalized spacial score (nSPS) is 28.5. The quantitative estimate of drug-likeness (QED) is 0.869. The van der Waals surface area contributed by atoms with E-state index in [1.807, 2.05) is 17.9 Å². The van der Waals surface area contributed by atoms with E-state index < -0.39 is 0 Å². The highest BCUT2D eigenvalue weighted by molar-refractivity contribution is 5.00. The van der Waals surface area contributed by atoms with Crippen LogP contribution in [0, 0.1) is 11.8 Å². The molecule has 0 radical (unpaired) electrons. The van der Waals surface area contributed by atoms with Crippen LogP contribution in [0.25, 0.3) is 0 Å². The van der Waals surface area contributed by atoms with Crippen molar-refractivity contribution in [1.29, 1.82) is 0 Å². The summed E-state index contributed by atoms with van der Waals surface area (Å²) in [5.41, 5.74) is 1.36. The monoisotopic (exact) mass is 249 g/mol. The summed E-state index contributed by atoms with van der Waals surface area (Å²) in [4.78, 5) is 0. The highest BCUT2D eigenvalue weighted by Gasteiger charge is 2.27. The van der Waals surface area contributed by atoms with Crippen LogP contribution >= 0.6 is 0 Å². The van der Waals surface area contributed by atoms with Crippen molar-refractivity contribution in [3.63, 3.8) is 0 Å². The second-order valence-electron chi connectivity index (χ2n) is 5.83. The van der Waals surface area contributed by atoms with Crippen LogP contribution in [0.1, 0.15) is 45.2 Å². The summed E-state index contributed by atoms with van der Waals surface area (Å²) in [7, 11) is 2.04. The number of nitrogens with one attached hydrogen (secondary N) is 1. The Bertz CT molecular complexity index is 358. The molecule has 1 fully saturated rings. The fourth-order valence-corrected chi connectivity index (χ4v) is 3.33. The molecule has 1 saturated carbocycles. The smallest absolute Gasteiger partial charge is 0.0492 e. The molecule has 2 rings (SSSR count). The minimum atomic E-state index is 0.736. The predicted octanol–water partition coefficient (Wildman–Crippen LogP) is 2.77. The van der Waals surface area contributed by atoms with Crippen LogP contribution in [0.3, 0.4) is 0 Å². The minimum absolute atomic E-state index is 0.736. The Labute approximate surface area is 111 Å². The Kier molecular flexibility index (Phi) is 4.81. The molecule has 1 aromatic heterocycles. The van der Waals surface area contributed by atoms with Gasteiger partial charge in [-0.3, -0.25) is 4.68 Å². The molecule has 3 atom stereocenters. The first-order chi connectivity index (χ1) is 8.70. The Morgan fingerprint density at radius 1 is 1.44 bits per heavy atom. The first kappa shape index (κ1) is 13.6. The maximum atomic E-state index is 4.25. The lowest BCUT2D eigenvalue weighted by atomic mass is 9.76. The molecule has 1 aliphatic rings. The third-order valence-corrected chi connectivity index (χ3v) is 4.40. The zero-order valence-corrected chi connectivity index (χ0v) is 12.0. The van der Waals surface area contributed by atoms with E-state index in [2.05, 4.69) is 30.3 Å². The molecule has 1 aliphatic carbocycles. The molecule has 0 amide bonds. The lowest BCUT2D eigenvalue weighted by molar-refractivity contribution is 0.204. The highest BCUT2D eigenvalue weighted by Crippen LogP contribution is 2.32. The maximum absolute atomic E-state index is 4.25. The predicted molar refractivity (Wildman–Crippen MR) is 75.5 cm³/mol. The first-order valence-electron chi connectivity index (χ1n) is 7.41. The second-order valence-corrected chi connectivity index (χ2v) is 5.83. The number of rotatable bonds is 5. The second kappa shape index (κ2) is 6.37. The van der Waals surface area contributed by atoms with Gasteiger partial charge in [-0.15, -0.1) is 0 Å². The van der Waals surface area contributed by atoms with Gasteiger partial charge in [0.25, 0.3) is 0 Å².